The average Bonchev–Trinajstić information content (AvgIpc) is 2.66. The van der Waals surface area contributed by atoms with Crippen molar-refractivity contribution in [2.75, 3.05) is 6.26 Å². The second-order valence-corrected chi connectivity index (χ2v) is 7.30. The van der Waals surface area contributed by atoms with Gasteiger partial charge in [0.05, 0.1) is 11.1 Å². The fourth-order valence-corrected chi connectivity index (χ4v) is 3.97. The molecule has 0 fully saturated rings. The van der Waals surface area contributed by atoms with Crippen molar-refractivity contribution in [3.63, 3.8) is 0 Å². The fraction of sp³-hybridized carbons (Fsp3) is 0.429. The summed E-state index contributed by atoms with van der Waals surface area (Å²) in [6.45, 7) is 4.44. The Morgan fingerprint density at radius 2 is 1.88 bits per heavy atom. The van der Waals surface area contributed by atoms with Crippen molar-refractivity contribution in [1.82, 2.24) is 5.06 Å². The van der Waals surface area contributed by atoms with Crippen molar-refractivity contribution in [2.45, 2.75) is 46.0 Å². The van der Waals surface area contributed by atoms with Crippen LogP contribution in [0.15, 0.2) is 30.3 Å². The third kappa shape index (κ3) is 3.51. The van der Waals surface area contributed by atoms with Gasteiger partial charge in [0.2, 0.25) is 0 Å². The lowest BCUT2D eigenvalue weighted by atomic mass is 9.87. The Hall–Kier alpha value is -1.85. The molecule has 1 aliphatic rings. The first-order chi connectivity index (χ1) is 12.6. The zero-order chi connectivity index (χ0) is 18.7. The van der Waals surface area contributed by atoms with Crippen LogP contribution in [-0.4, -0.2) is 23.1 Å². The van der Waals surface area contributed by atoms with Gasteiger partial charge in [-0.2, -0.15) is 4.28 Å². The molecule has 138 valence electrons. The Morgan fingerprint density at radius 1 is 1.12 bits per heavy atom. The highest BCUT2D eigenvalue weighted by Crippen LogP contribution is 2.33. The standard InChI is InChI=1S/C21H25NO3S/c1-4-6-8-14(5-2)11-15-12-16-9-7-10-17-19(16)18(13-15)21(24)22(20(17)23)25-26-3/h7,9-10,12-14H,4-6,8,11H2,1-3H3. The SMILES string of the molecule is CCCCC(CC)Cc1cc2c3c(cccc3c1)C(=O)N(OSC)C2=O. The molecular formula is C21H25NO3S. The Labute approximate surface area is 159 Å². The van der Waals surface area contributed by atoms with E-state index in [1.807, 2.05) is 18.2 Å². The van der Waals surface area contributed by atoms with Crippen molar-refractivity contribution in [1.29, 1.82) is 0 Å². The van der Waals surface area contributed by atoms with E-state index in [1.54, 1.807) is 12.3 Å². The number of amides is 2. The van der Waals surface area contributed by atoms with Crippen molar-refractivity contribution in [2.24, 2.45) is 5.92 Å². The molecule has 5 heteroatoms. The van der Waals surface area contributed by atoms with E-state index in [9.17, 15) is 9.59 Å². The van der Waals surface area contributed by atoms with E-state index >= 15 is 0 Å². The molecule has 4 nitrogen and oxygen atoms in total. The van der Waals surface area contributed by atoms with Crippen molar-refractivity contribution >= 4 is 34.6 Å². The topological polar surface area (TPSA) is 46.6 Å². The molecule has 0 radical (unpaired) electrons. The van der Waals surface area contributed by atoms with Gasteiger partial charge >= 0.3 is 0 Å². The highest BCUT2D eigenvalue weighted by molar-refractivity contribution is 7.93. The number of imide groups is 1. The van der Waals surface area contributed by atoms with E-state index in [0.29, 0.717) is 17.0 Å². The molecule has 26 heavy (non-hydrogen) atoms. The summed E-state index contributed by atoms with van der Waals surface area (Å²) in [5.74, 6) is -0.164. The molecule has 2 aromatic rings. The number of hydrogen-bond donors (Lipinski definition) is 0. The average molecular weight is 372 g/mol. The summed E-state index contributed by atoms with van der Waals surface area (Å²) in [5.41, 5.74) is 2.24. The van der Waals surface area contributed by atoms with E-state index < -0.39 is 5.91 Å². The molecule has 2 aromatic carbocycles. The minimum absolute atomic E-state index is 0.378. The number of carbonyl (C=O) groups excluding carboxylic acids is 2. The molecule has 0 saturated heterocycles. The zero-order valence-corrected chi connectivity index (χ0v) is 16.4. The number of hydrogen-bond acceptors (Lipinski definition) is 4. The molecule has 3 rings (SSSR count). The molecule has 1 atom stereocenters. The van der Waals surface area contributed by atoms with Crippen LogP contribution >= 0.6 is 12.0 Å². The van der Waals surface area contributed by atoms with Crippen LogP contribution in [0.25, 0.3) is 10.8 Å². The number of benzene rings is 2. The van der Waals surface area contributed by atoms with Crippen LogP contribution in [0.2, 0.25) is 0 Å². The predicted molar refractivity (Wildman–Crippen MR) is 106 cm³/mol. The third-order valence-electron chi connectivity index (χ3n) is 5.08. The molecular weight excluding hydrogens is 346 g/mol. The largest absolute Gasteiger partial charge is 0.286 e. The number of unbranched alkanes of at least 4 members (excludes halogenated alkanes) is 1. The minimum Gasteiger partial charge on any atom is -0.266 e. The van der Waals surface area contributed by atoms with Crippen LogP contribution in [0.4, 0.5) is 0 Å². The highest BCUT2D eigenvalue weighted by atomic mass is 32.2. The molecule has 0 aromatic heterocycles. The molecule has 0 aliphatic carbocycles. The molecule has 0 saturated carbocycles. The summed E-state index contributed by atoms with van der Waals surface area (Å²) in [5, 5.41) is 2.57. The van der Waals surface area contributed by atoms with Gasteiger partial charge in [0, 0.05) is 23.7 Å². The van der Waals surface area contributed by atoms with Gasteiger partial charge in [0.15, 0.2) is 0 Å². The number of nitrogens with zero attached hydrogens (tertiary/aromatic N) is 1. The summed E-state index contributed by atoms with van der Waals surface area (Å²) in [6.07, 6.45) is 7.40. The lowest BCUT2D eigenvalue weighted by Gasteiger charge is -2.25. The normalized spacial score (nSPS) is 15.0. The number of carbonyl (C=O) groups is 2. The summed E-state index contributed by atoms with van der Waals surface area (Å²) in [6, 6.07) is 9.68. The smallest absolute Gasteiger partial charge is 0.266 e. The molecule has 1 heterocycles. The predicted octanol–water partition coefficient (Wildman–Crippen LogP) is 5.40. The van der Waals surface area contributed by atoms with Gasteiger partial charge in [-0.05, 0) is 35.4 Å². The first kappa shape index (κ1) is 18.9. The van der Waals surface area contributed by atoms with Gasteiger partial charge in [-0.3, -0.25) is 9.59 Å². The van der Waals surface area contributed by atoms with Gasteiger partial charge in [0.1, 0.15) is 0 Å². The van der Waals surface area contributed by atoms with E-state index in [1.165, 1.54) is 19.3 Å². The van der Waals surface area contributed by atoms with Crippen LogP contribution in [0.3, 0.4) is 0 Å². The van der Waals surface area contributed by atoms with Crippen LogP contribution in [0.1, 0.15) is 65.8 Å². The molecule has 0 spiro atoms. The minimum atomic E-state index is -0.399. The highest BCUT2D eigenvalue weighted by Gasteiger charge is 2.34. The molecule has 1 unspecified atom stereocenters. The fourth-order valence-electron chi connectivity index (χ4n) is 3.68. The first-order valence-corrected chi connectivity index (χ1v) is 10.4. The summed E-state index contributed by atoms with van der Waals surface area (Å²) in [4.78, 5) is 25.4. The van der Waals surface area contributed by atoms with Crippen molar-refractivity contribution in [3.8, 4) is 0 Å². The van der Waals surface area contributed by atoms with E-state index in [2.05, 4.69) is 19.9 Å². The van der Waals surface area contributed by atoms with Crippen LogP contribution < -0.4 is 0 Å². The second-order valence-electron chi connectivity index (χ2n) is 6.81. The van der Waals surface area contributed by atoms with Gasteiger partial charge in [-0.25, -0.2) is 0 Å². The van der Waals surface area contributed by atoms with Crippen LogP contribution in [0, 0.1) is 5.92 Å². The number of rotatable bonds is 8. The van der Waals surface area contributed by atoms with Gasteiger partial charge in [0.25, 0.3) is 11.8 Å². The maximum atomic E-state index is 12.8. The van der Waals surface area contributed by atoms with E-state index in [4.69, 9.17) is 4.28 Å². The van der Waals surface area contributed by atoms with E-state index in [0.717, 1.165) is 46.3 Å². The monoisotopic (exact) mass is 371 g/mol. The summed E-state index contributed by atoms with van der Waals surface area (Å²) >= 11 is 0.992. The van der Waals surface area contributed by atoms with Crippen molar-refractivity contribution < 1.29 is 13.9 Å². The Kier molecular flexibility index (Phi) is 5.99. The second kappa shape index (κ2) is 8.23. The quantitative estimate of drug-likeness (QED) is 0.460. The van der Waals surface area contributed by atoms with Crippen LogP contribution in [-0.2, 0) is 10.7 Å². The molecule has 2 amide bonds. The van der Waals surface area contributed by atoms with Crippen molar-refractivity contribution in [3.05, 3.63) is 47.0 Å². The van der Waals surface area contributed by atoms with Gasteiger partial charge < -0.3 is 0 Å². The molecule has 0 N–H and O–H groups in total. The third-order valence-corrected chi connectivity index (χ3v) is 5.38. The lowest BCUT2D eigenvalue weighted by Crippen LogP contribution is -2.38. The Morgan fingerprint density at radius 3 is 2.58 bits per heavy atom. The molecule has 0 bridgehead atoms. The van der Waals surface area contributed by atoms with Gasteiger partial charge in [-0.15, -0.1) is 5.06 Å². The first-order valence-electron chi connectivity index (χ1n) is 9.25. The lowest BCUT2D eigenvalue weighted by molar-refractivity contribution is -0.00723. The van der Waals surface area contributed by atoms with Gasteiger partial charge in [-0.1, -0.05) is 57.7 Å². The Balaban J connectivity index is 2.04. The maximum Gasteiger partial charge on any atom is 0.286 e. The molecule has 1 aliphatic heterocycles. The maximum absolute atomic E-state index is 12.8. The van der Waals surface area contributed by atoms with Crippen LogP contribution in [0.5, 0.6) is 0 Å². The Bertz CT molecular complexity index is 833. The summed E-state index contributed by atoms with van der Waals surface area (Å²) in [7, 11) is 0. The zero-order valence-electron chi connectivity index (χ0n) is 15.6. The van der Waals surface area contributed by atoms with E-state index in [-0.39, 0.29) is 5.91 Å². The number of hydroxylamine groups is 2. The summed E-state index contributed by atoms with van der Waals surface area (Å²) < 4.78 is 5.24.